The molecule has 0 aliphatic carbocycles. The summed E-state index contributed by atoms with van der Waals surface area (Å²) in [7, 11) is 0. The van der Waals surface area contributed by atoms with Crippen LogP contribution in [0.5, 0.6) is 0 Å². The fourth-order valence-corrected chi connectivity index (χ4v) is 2.53. The lowest BCUT2D eigenvalue weighted by molar-refractivity contribution is 0.0882. The van der Waals surface area contributed by atoms with Crippen molar-refractivity contribution in [3.8, 4) is 6.07 Å². The number of carbonyl (C=O) groups is 2. The van der Waals surface area contributed by atoms with Crippen molar-refractivity contribution in [2.45, 2.75) is 20.8 Å². The van der Waals surface area contributed by atoms with E-state index in [1.807, 2.05) is 19.9 Å². The molecule has 0 fully saturated rings. The van der Waals surface area contributed by atoms with Gasteiger partial charge < -0.3 is 4.42 Å². The van der Waals surface area contributed by atoms with Crippen molar-refractivity contribution in [2.75, 3.05) is 5.01 Å². The number of aryl methyl sites for hydroxylation is 3. The molecule has 1 aromatic heterocycles. The molecule has 28 heavy (non-hydrogen) atoms. The normalized spacial score (nSPS) is 10.2. The number of nitrogens with zero attached hydrogens (tertiary/aromatic N) is 3. The fraction of sp³-hybridized carbons (Fsp3) is 0.143. The molecule has 1 N–H and O–H groups in total. The standard InChI is InChI=1S/C21H18N4O3/c1-13-4-8-16(9-5-13)19(26)24-25(21-18(12-22)23-15(3)28-21)20(27)17-10-6-14(2)7-11-17/h4-11H,1-3H3,(H,24,26). The van der Waals surface area contributed by atoms with Gasteiger partial charge in [0.1, 0.15) is 6.07 Å². The van der Waals surface area contributed by atoms with Crippen LogP contribution in [0.1, 0.15) is 43.4 Å². The van der Waals surface area contributed by atoms with E-state index < -0.39 is 11.8 Å². The fourth-order valence-electron chi connectivity index (χ4n) is 2.53. The minimum Gasteiger partial charge on any atom is -0.422 e. The summed E-state index contributed by atoms with van der Waals surface area (Å²) >= 11 is 0. The summed E-state index contributed by atoms with van der Waals surface area (Å²) in [4.78, 5) is 29.7. The summed E-state index contributed by atoms with van der Waals surface area (Å²) in [5.41, 5.74) is 5.11. The average molecular weight is 374 g/mol. The number of nitrogens with one attached hydrogen (secondary N) is 1. The first-order chi connectivity index (χ1) is 13.4. The van der Waals surface area contributed by atoms with Crippen LogP contribution in [-0.4, -0.2) is 16.8 Å². The van der Waals surface area contributed by atoms with Crippen molar-refractivity contribution in [3.05, 3.63) is 82.4 Å². The Bertz CT molecular complexity index is 1060. The van der Waals surface area contributed by atoms with Crippen LogP contribution in [0.2, 0.25) is 0 Å². The van der Waals surface area contributed by atoms with Crippen molar-refractivity contribution >= 4 is 17.7 Å². The predicted octanol–water partition coefficient (Wildman–Crippen LogP) is 3.46. The smallest absolute Gasteiger partial charge is 0.279 e. The number of rotatable bonds is 3. The molecular weight excluding hydrogens is 356 g/mol. The van der Waals surface area contributed by atoms with Crippen LogP contribution < -0.4 is 10.4 Å². The second-order valence-electron chi connectivity index (χ2n) is 6.31. The van der Waals surface area contributed by atoms with Gasteiger partial charge in [-0.2, -0.15) is 10.3 Å². The predicted molar refractivity (Wildman–Crippen MR) is 103 cm³/mol. The molecule has 3 rings (SSSR count). The highest BCUT2D eigenvalue weighted by Crippen LogP contribution is 2.22. The van der Waals surface area contributed by atoms with Crippen molar-refractivity contribution < 1.29 is 14.0 Å². The van der Waals surface area contributed by atoms with Gasteiger partial charge in [0.25, 0.3) is 17.7 Å². The summed E-state index contributed by atoms with van der Waals surface area (Å²) in [5.74, 6) is -0.990. The maximum atomic E-state index is 13.1. The van der Waals surface area contributed by atoms with Crippen LogP contribution in [0.15, 0.2) is 52.9 Å². The molecule has 0 radical (unpaired) electrons. The maximum absolute atomic E-state index is 13.1. The highest BCUT2D eigenvalue weighted by molar-refractivity contribution is 6.08. The number of anilines is 1. The largest absolute Gasteiger partial charge is 0.422 e. The topological polar surface area (TPSA) is 99.2 Å². The Kier molecular flexibility index (Phi) is 5.23. The number of benzene rings is 2. The number of hydrogen-bond acceptors (Lipinski definition) is 5. The first-order valence-corrected chi connectivity index (χ1v) is 8.55. The van der Waals surface area contributed by atoms with Crippen LogP contribution in [0, 0.1) is 32.1 Å². The van der Waals surface area contributed by atoms with Crippen LogP contribution in [0.25, 0.3) is 0 Å². The van der Waals surface area contributed by atoms with E-state index >= 15 is 0 Å². The second-order valence-corrected chi connectivity index (χ2v) is 6.31. The zero-order valence-corrected chi connectivity index (χ0v) is 15.7. The van der Waals surface area contributed by atoms with E-state index in [4.69, 9.17) is 4.42 Å². The number of nitriles is 1. The molecule has 2 aromatic carbocycles. The third kappa shape index (κ3) is 3.91. The Balaban J connectivity index is 2.00. The lowest BCUT2D eigenvalue weighted by Crippen LogP contribution is -2.46. The molecule has 2 amide bonds. The van der Waals surface area contributed by atoms with E-state index in [2.05, 4.69) is 10.4 Å². The van der Waals surface area contributed by atoms with E-state index in [0.29, 0.717) is 11.1 Å². The minimum atomic E-state index is -0.548. The summed E-state index contributed by atoms with van der Waals surface area (Å²) in [5, 5.41) is 10.2. The molecule has 0 saturated heterocycles. The molecule has 1 heterocycles. The SMILES string of the molecule is Cc1ccc(C(=O)NN(C(=O)c2ccc(C)cc2)c2oc(C)nc2C#N)cc1. The molecule has 0 unspecified atom stereocenters. The van der Waals surface area contributed by atoms with Crippen molar-refractivity contribution in [1.82, 2.24) is 10.4 Å². The summed E-state index contributed by atoms with van der Waals surface area (Å²) in [6.07, 6.45) is 0. The third-order valence-corrected chi connectivity index (χ3v) is 4.05. The molecule has 0 spiro atoms. The van der Waals surface area contributed by atoms with Gasteiger partial charge >= 0.3 is 0 Å². The number of amides is 2. The third-order valence-electron chi connectivity index (χ3n) is 4.05. The molecular formula is C21H18N4O3. The molecule has 3 aromatic rings. The highest BCUT2D eigenvalue weighted by Gasteiger charge is 2.27. The number of hydrogen-bond donors (Lipinski definition) is 1. The minimum absolute atomic E-state index is 0.0952. The zero-order chi connectivity index (χ0) is 20.3. The highest BCUT2D eigenvalue weighted by atomic mass is 16.4. The summed E-state index contributed by atoms with van der Waals surface area (Å²) < 4.78 is 5.45. The molecule has 0 aliphatic rings. The van der Waals surface area contributed by atoms with Gasteiger partial charge in [-0.1, -0.05) is 35.4 Å². The summed E-state index contributed by atoms with van der Waals surface area (Å²) in [6, 6.07) is 15.6. The number of carbonyl (C=O) groups excluding carboxylic acids is 2. The van der Waals surface area contributed by atoms with Crippen molar-refractivity contribution in [2.24, 2.45) is 0 Å². The number of hydrazine groups is 1. The Labute approximate surface area is 162 Å². The van der Waals surface area contributed by atoms with E-state index in [0.717, 1.165) is 16.1 Å². The van der Waals surface area contributed by atoms with Gasteiger partial charge in [-0.25, -0.2) is 4.98 Å². The van der Waals surface area contributed by atoms with E-state index in [1.54, 1.807) is 55.5 Å². The molecule has 0 saturated carbocycles. The van der Waals surface area contributed by atoms with Crippen molar-refractivity contribution in [3.63, 3.8) is 0 Å². The molecule has 0 bridgehead atoms. The van der Waals surface area contributed by atoms with E-state index in [1.165, 1.54) is 0 Å². The van der Waals surface area contributed by atoms with Crippen LogP contribution in [0.3, 0.4) is 0 Å². The van der Waals surface area contributed by atoms with Gasteiger partial charge in [-0.15, -0.1) is 0 Å². The van der Waals surface area contributed by atoms with Crippen LogP contribution >= 0.6 is 0 Å². The lowest BCUT2D eigenvalue weighted by atomic mass is 10.1. The van der Waals surface area contributed by atoms with Crippen LogP contribution in [0.4, 0.5) is 5.88 Å². The Hall–Kier alpha value is -3.92. The van der Waals surface area contributed by atoms with Crippen molar-refractivity contribution in [1.29, 1.82) is 5.26 Å². The molecule has 7 nitrogen and oxygen atoms in total. The first kappa shape index (κ1) is 18.9. The Morgan fingerprint density at radius 2 is 1.50 bits per heavy atom. The van der Waals surface area contributed by atoms with Gasteiger partial charge in [0, 0.05) is 18.1 Å². The Morgan fingerprint density at radius 1 is 0.964 bits per heavy atom. The summed E-state index contributed by atoms with van der Waals surface area (Å²) in [6.45, 7) is 5.37. The molecule has 140 valence electrons. The number of oxazole rings is 1. The van der Waals surface area contributed by atoms with Gasteiger partial charge in [-0.05, 0) is 38.1 Å². The molecule has 0 atom stereocenters. The lowest BCUT2D eigenvalue weighted by Gasteiger charge is -2.21. The maximum Gasteiger partial charge on any atom is 0.279 e. The zero-order valence-electron chi connectivity index (χ0n) is 15.7. The van der Waals surface area contributed by atoms with Crippen LogP contribution in [-0.2, 0) is 0 Å². The average Bonchev–Trinajstić information content (AvgIpc) is 3.07. The Morgan fingerprint density at radius 3 is 2.04 bits per heavy atom. The van der Waals surface area contributed by atoms with Gasteiger partial charge in [-0.3, -0.25) is 15.0 Å². The quantitative estimate of drug-likeness (QED) is 0.708. The monoisotopic (exact) mass is 374 g/mol. The first-order valence-electron chi connectivity index (χ1n) is 8.55. The number of aromatic nitrogens is 1. The molecule has 0 aliphatic heterocycles. The second kappa shape index (κ2) is 7.76. The molecule has 7 heteroatoms. The van der Waals surface area contributed by atoms with Gasteiger partial charge in [0.15, 0.2) is 5.89 Å². The van der Waals surface area contributed by atoms with E-state index in [9.17, 15) is 14.9 Å². The van der Waals surface area contributed by atoms with Gasteiger partial charge in [0.05, 0.1) is 0 Å². The van der Waals surface area contributed by atoms with Gasteiger partial charge in [0.2, 0.25) is 5.69 Å². The van der Waals surface area contributed by atoms with E-state index in [-0.39, 0.29) is 17.5 Å².